The van der Waals surface area contributed by atoms with Crippen LogP contribution in [0.1, 0.15) is 59.3 Å². The van der Waals surface area contributed by atoms with Gasteiger partial charge in [-0.1, -0.05) is 26.2 Å². The molecule has 1 fully saturated rings. The van der Waals surface area contributed by atoms with Gasteiger partial charge in [-0.3, -0.25) is 0 Å². The van der Waals surface area contributed by atoms with Crippen LogP contribution >= 0.6 is 0 Å². The van der Waals surface area contributed by atoms with Crippen LogP contribution in [-0.4, -0.2) is 23.4 Å². The molecule has 0 bridgehead atoms. The van der Waals surface area contributed by atoms with Crippen molar-refractivity contribution in [2.24, 2.45) is 5.92 Å². The van der Waals surface area contributed by atoms with Crippen molar-refractivity contribution in [1.29, 1.82) is 0 Å². The van der Waals surface area contributed by atoms with Gasteiger partial charge in [-0.05, 0) is 33.1 Å². The third-order valence-corrected chi connectivity index (χ3v) is 4.34. The van der Waals surface area contributed by atoms with Crippen LogP contribution in [0.3, 0.4) is 0 Å². The van der Waals surface area contributed by atoms with Crippen molar-refractivity contribution in [2.75, 3.05) is 0 Å². The molecule has 1 aliphatic rings. The van der Waals surface area contributed by atoms with E-state index in [1.165, 1.54) is 6.92 Å². The van der Waals surface area contributed by atoms with Gasteiger partial charge in [-0.15, -0.1) is 0 Å². The smallest absolute Gasteiger partial charge is 0.428 e. The second kappa shape index (κ2) is 5.90. The van der Waals surface area contributed by atoms with Crippen LogP contribution in [0.25, 0.3) is 0 Å². The summed E-state index contributed by atoms with van der Waals surface area (Å²) in [5.74, 6) is -2.22. The molecule has 1 aliphatic carbocycles. The Bertz CT molecular complexity index is 346. The second-order valence-electron chi connectivity index (χ2n) is 5.88. The van der Waals surface area contributed by atoms with E-state index in [4.69, 9.17) is 0 Å². The number of hydrogen-bond acceptors (Lipinski definition) is 2. The van der Waals surface area contributed by atoms with Gasteiger partial charge in [0, 0.05) is 5.92 Å². The molecule has 6 heteroatoms. The average Bonchev–Trinajstić information content (AvgIpc) is 2.38. The van der Waals surface area contributed by atoms with Gasteiger partial charge in [0.05, 0.1) is 0 Å². The fraction of sp³-hybridized carbons (Fsp3) is 0.929. The molecule has 0 amide bonds. The Hall–Kier alpha value is -0.810. The van der Waals surface area contributed by atoms with Crippen LogP contribution in [0.2, 0.25) is 0 Å². The minimum Gasteiger partial charge on any atom is -0.447 e. The van der Waals surface area contributed by atoms with Crippen molar-refractivity contribution in [3.05, 3.63) is 0 Å². The summed E-state index contributed by atoms with van der Waals surface area (Å²) in [6.07, 6.45) is -1.99. The normalized spacial score (nSPS) is 23.8. The summed E-state index contributed by atoms with van der Waals surface area (Å²) in [5.41, 5.74) is -4.99. The molecule has 118 valence electrons. The van der Waals surface area contributed by atoms with Crippen molar-refractivity contribution < 1.29 is 27.1 Å². The number of rotatable bonds is 4. The Morgan fingerprint density at radius 1 is 1.10 bits per heavy atom. The van der Waals surface area contributed by atoms with Gasteiger partial charge in [-0.2, -0.15) is 13.2 Å². The van der Waals surface area contributed by atoms with E-state index in [-0.39, 0.29) is 6.42 Å². The van der Waals surface area contributed by atoms with Gasteiger partial charge in [0.1, 0.15) is 0 Å². The molecule has 1 saturated carbocycles. The molecule has 0 spiro atoms. The number of carbonyl (C=O) groups excluding carboxylic acids is 1. The summed E-state index contributed by atoms with van der Waals surface area (Å²) in [6, 6.07) is 0. The van der Waals surface area contributed by atoms with E-state index in [1.54, 1.807) is 0 Å². The molecule has 2 nitrogen and oxygen atoms in total. The minimum atomic E-state index is -4.70. The van der Waals surface area contributed by atoms with Crippen LogP contribution in [0.4, 0.5) is 17.6 Å². The number of alkyl halides is 4. The van der Waals surface area contributed by atoms with E-state index in [2.05, 4.69) is 4.74 Å². The van der Waals surface area contributed by atoms with Gasteiger partial charge in [0.15, 0.2) is 0 Å². The first-order valence-electron chi connectivity index (χ1n) is 7.03. The monoisotopic (exact) mass is 298 g/mol. The predicted molar refractivity (Wildman–Crippen MR) is 66.9 cm³/mol. The standard InChI is InChI=1S/C14H22F4O2/c1-4-12(2,15)11(19)20-13(3,14(16,17)18)10-8-6-5-7-9-10/h10H,4-9H2,1-3H3. The van der Waals surface area contributed by atoms with E-state index in [0.717, 1.165) is 20.3 Å². The Morgan fingerprint density at radius 2 is 1.60 bits per heavy atom. The van der Waals surface area contributed by atoms with Crippen molar-refractivity contribution >= 4 is 5.97 Å². The maximum atomic E-state index is 13.9. The summed E-state index contributed by atoms with van der Waals surface area (Å²) in [7, 11) is 0. The Morgan fingerprint density at radius 3 is 2.00 bits per heavy atom. The molecule has 0 saturated heterocycles. The SMILES string of the molecule is CCC(C)(F)C(=O)OC(C)(C1CCCCC1)C(F)(F)F. The highest BCUT2D eigenvalue weighted by atomic mass is 19.4. The van der Waals surface area contributed by atoms with Gasteiger partial charge < -0.3 is 4.74 Å². The summed E-state index contributed by atoms with van der Waals surface area (Å²) in [5, 5.41) is 0. The Kier molecular flexibility index (Phi) is 5.08. The van der Waals surface area contributed by atoms with Crippen LogP contribution < -0.4 is 0 Å². The van der Waals surface area contributed by atoms with Gasteiger partial charge in [0.25, 0.3) is 0 Å². The third-order valence-electron chi connectivity index (χ3n) is 4.34. The van der Waals surface area contributed by atoms with Crippen molar-refractivity contribution in [2.45, 2.75) is 76.7 Å². The van der Waals surface area contributed by atoms with Crippen LogP contribution in [0.5, 0.6) is 0 Å². The summed E-state index contributed by atoms with van der Waals surface area (Å²) in [4.78, 5) is 11.7. The summed E-state index contributed by atoms with van der Waals surface area (Å²) in [6.45, 7) is 3.21. The Labute approximate surface area is 116 Å². The number of carbonyl (C=O) groups is 1. The number of ether oxygens (including phenoxy) is 1. The molecular weight excluding hydrogens is 276 g/mol. The molecule has 0 aromatic heterocycles. The largest absolute Gasteiger partial charge is 0.447 e. The zero-order valence-electron chi connectivity index (χ0n) is 12.1. The first-order valence-corrected chi connectivity index (χ1v) is 7.03. The first-order chi connectivity index (χ1) is 9.04. The predicted octanol–water partition coefficient (Wildman–Crippen LogP) is 4.57. The Balaban J connectivity index is 2.98. The minimum absolute atomic E-state index is 0.218. The van der Waals surface area contributed by atoms with E-state index < -0.39 is 29.3 Å². The fourth-order valence-electron chi connectivity index (χ4n) is 2.47. The molecular formula is C14H22F4O2. The molecule has 0 radical (unpaired) electrons. The third kappa shape index (κ3) is 3.44. The molecule has 1 rings (SSSR count). The van der Waals surface area contributed by atoms with Crippen LogP contribution in [-0.2, 0) is 9.53 Å². The first kappa shape index (κ1) is 17.2. The average molecular weight is 298 g/mol. The lowest BCUT2D eigenvalue weighted by molar-refractivity contribution is -0.287. The van der Waals surface area contributed by atoms with E-state index in [0.29, 0.717) is 25.7 Å². The number of hydrogen-bond donors (Lipinski definition) is 0. The summed E-state index contributed by atoms with van der Waals surface area (Å²) < 4.78 is 58.5. The highest BCUT2D eigenvalue weighted by Crippen LogP contribution is 2.46. The van der Waals surface area contributed by atoms with E-state index >= 15 is 0 Å². The molecule has 0 aliphatic heterocycles. The van der Waals surface area contributed by atoms with Crippen LogP contribution in [0, 0.1) is 5.92 Å². The molecule has 2 unspecified atom stereocenters. The molecule has 0 aromatic carbocycles. The molecule has 20 heavy (non-hydrogen) atoms. The quantitative estimate of drug-likeness (QED) is 0.561. The van der Waals surface area contributed by atoms with E-state index in [1.807, 2.05) is 0 Å². The maximum absolute atomic E-state index is 13.9. The molecule has 0 aromatic rings. The van der Waals surface area contributed by atoms with Crippen molar-refractivity contribution in [1.82, 2.24) is 0 Å². The van der Waals surface area contributed by atoms with E-state index in [9.17, 15) is 22.4 Å². The maximum Gasteiger partial charge on any atom is 0.428 e. The molecule has 0 heterocycles. The molecule has 0 N–H and O–H groups in total. The lowest BCUT2D eigenvalue weighted by Gasteiger charge is -2.41. The lowest BCUT2D eigenvalue weighted by Crippen LogP contribution is -2.54. The highest BCUT2D eigenvalue weighted by molar-refractivity contribution is 5.79. The van der Waals surface area contributed by atoms with Crippen LogP contribution in [0.15, 0.2) is 0 Å². The van der Waals surface area contributed by atoms with Gasteiger partial charge in [-0.25, -0.2) is 9.18 Å². The second-order valence-corrected chi connectivity index (χ2v) is 5.88. The highest BCUT2D eigenvalue weighted by Gasteiger charge is 2.60. The zero-order chi connectivity index (χ0) is 15.6. The summed E-state index contributed by atoms with van der Waals surface area (Å²) >= 11 is 0. The van der Waals surface area contributed by atoms with Crippen molar-refractivity contribution in [3.8, 4) is 0 Å². The van der Waals surface area contributed by atoms with Crippen molar-refractivity contribution in [3.63, 3.8) is 0 Å². The number of halogens is 4. The zero-order valence-corrected chi connectivity index (χ0v) is 12.1. The number of esters is 1. The topological polar surface area (TPSA) is 26.3 Å². The van der Waals surface area contributed by atoms with Gasteiger partial charge in [0.2, 0.25) is 11.3 Å². The van der Waals surface area contributed by atoms with Gasteiger partial charge >= 0.3 is 12.1 Å². The fourth-order valence-corrected chi connectivity index (χ4v) is 2.47. The lowest BCUT2D eigenvalue weighted by atomic mass is 9.77. The molecule has 2 atom stereocenters.